The fourth-order valence-corrected chi connectivity index (χ4v) is 2.74. The number of nitrogens with zero attached hydrogens (tertiary/aromatic N) is 1. The smallest absolute Gasteiger partial charge is 0.225 e. The number of ether oxygens (including phenoxy) is 2. The van der Waals surface area contributed by atoms with Crippen LogP contribution in [0.5, 0.6) is 11.5 Å². The van der Waals surface area contributed by atoms with Gasteiger partial charge in [0.15, 0.2) is 11.5 Å². The highest BCUT2D eigenvalue weighted by Crippen LogP contribution is 2.30. The maximum absolute atomic E-state index is 12.1. The van der Waals surface area contributed by atoms with Crippen molar-refractivity contribution in [2.24, 2.45) is 11.7 Å². The van der Waals surface area contributed by atoms with E-state index in [0.29, 0.717) is 18.0 Å². The number of benzene rings is 1. The van der Waals surface area contributed by atoms with E-state index in [4.69, 9.17) is 15.2 Å². The molecule has 5 nitrogen and oxygen atoms in total. The van der Waals surface area contributed by atoms with Crippen LogP contribution in [0.15, 0.2) is 18.2 Å². The number of carbonyl (C=O) groups excluding carboxylic acids is 1. The van der Waals surface area contributed by atoms with E-state index in [1.807, 2.05) is 30.0 Å². The Morgan fingerprint density at radius 1 is 1.33 bits per heavy atom. The quantitative estimate of drug-likeness (QED) is 0.901. The van der Waals surface area contributed by atoms with Crippen molar-refractivity contribution in [2.75, 3.05) is 27.3 Å². The molecule has 1 aromatic carbocycles. The Hall–Kier alpha value is -1.75. The zero-order valence-corrected chi connectivity index (χ0v) is 13.0. The number of likely N-dealkylation sites (tertiary alicyclic amines) is 1. The third-order valence-electron chi connectivity index (χ3n) is 4.05. The fourth-order valence-electron chi connectivity index (χ4n) is 2.74. The number of nitrogens with two attached hydrogens (primary N) is 1. The van der Waals surface area contributed by atoms with Crippen molar-refractivity contribution in [1.29, 1.82) is 0 Å². The van der Waals surface area contributed by atoms with Crippen LogP contribution in [0.25, 0.3) is 0 Å². The number of hydrogen-bond donors (Lipinski definition) is 1. The second-order valence-electron chi connectivity index (χ2n) is 5.55. The van der Waals surface area contributed by atoms with Gasteiger partial charge in [0.25, 0.3) is 0 Å². The molecule has 1 heterocycles. The topological polar surface area (TPSA) is 64.8 Å². The zero-order chi connectivity index (χ0) is 15.4. The van der Waals surface area contributed by atoms with Gasteiger partial charge < -0.3 is 20.1 Å². The first-order valence-corrected chi connectivity index (χ1v) is 7.33. The van der Waals surface area contributed by atoms with Crippen LogP contribution in [0.2, 0.25) is 0 Å². The van der Waals surface area contributed by atoms with Crippen LogP contribution in [0.4, 0.5) is 0 Å². The van der Waals surface area contributed by atoms with E-state index in [2.05, 4.69) is 0 Å². The van der Waals surface area contributed by atoms with E-state index in [9.17, 15) is 4.79 Å². The van der Waals surface area contributed by atoms with Crippen LogP contribution in [0.1, 0.15) is 31.4 Å². The van der Waals surface area contributed by atoms with Gasteiger partial charge in [-0.05, 0) is 30.5 Å². The first-order valence-electron chi connectivity index (χ1n) is 7.33. The van der Waals surface area contributed by atoms with E-state index in [-0.39, 0.29) is 17.9 Å². The van der Waals surface area contributed by atoms with Crippen molar-refractivity contribution in [1.82, 2.24) is 4.90 Å². The van der Waals surface area contributed by atoms with E-state index in [1.54, 1.807) is 14.2 Å². The number of methoxy groups -OCH3 is 2. The monoisotopic (exact) mass is 292 g/mol. The van der Waals surface area contributed by atoms with Gasteiger partial charge in [-0.3, -0.25) is 4.79 Å². The van der Waals surface area contributed by atoms with Crippen molar-refractivity contribution in [2.45, 2.75) is 25.8 Å². The summed E-state index contributed by atoms with van der Waals surface area (Å²) in [5.74, 6) is 1.65. The molecule has 2 atom stereocenters. The summed E-state index contributed by atoms with van der Waals surface area (Å²) in [7, 11) is 3.20. The molecule has 0 aromatic heterocycles. The summed E-state index contributed by atoms with van der Waals surface area (Å²) in [6.07, 6.45) is 2.02. The van der Waals surface area contributed by atoms with Gasteiger partial charge in [-0.2, -0.15) is 0 Å². The summed E-state index contributed by atoms with van der Waals surface area (Å²) in [4.78, 5) is 14.0. The molecule has 0 saturated carbocycles. The SMILES string of the molecule is COc1ccc(C(N)CN2CCCC(C)C2=O)cc1OC. The molecule has 1 saturated heterocycles. The predicted molar refractivity (Wildman–Crippen MR) is 81.5 cm³/mol. The van der Waals surface area contributed by atoms with Gasteiger partial charge in [-0.1, -0.05) is 13.0 Å². The summed E-state index contributed by atoms with van der Waals surface area (Å²) in [6.45, 7) is 3.32. The van der Waals surface area contributed by atoms with Gasteiger partial charge in [0, 0.05) is 25.0 Å². The molecule has 1 aliphatic rings. The van der Waals surface area contributed by atoms with Gasteiger partial charge in [0.1, 0.15) is 0 Å². The van der Waals surface area contributed by atoms with Crippen LogP contribution >= 0.6 is 0 Å². The minimum Gasteiger partial charge on any atom is -0.493 e. The lowest BCUT2D eigenvalue weighted by Gasteiger charge is -2.32. The number of amides is 1. The second-order valence-corrected chi connectivity index (χ2v) is 5.55. The molecular weight excluding hydrogens is 268 g/mol. The molecule has 1 aliphatic heterocycles. The molecule has 2 N–H and O–H groups in total. The summed E-state index contributed by atoms with van der Waals surface area (Å²) in [5, 5.41) is 0. The molecule has 0 aliphatic carbocycles. The highest BCUT2D eigenvalue weighted by Gasteiger charge is 2.26. The van der Waals surface area contributed by atoms with Crippen molar-refractivity contribution in [3.05, 3.63) is 23.8 Å². The molecule has 21 heavy (non-hydrogen) atoms. The molecule has 0 spiro atoms. The average molecular weight is 292 g/mol. The van der Waals surface area contributed by atoms with Crippen molar-refractivity contribution in [3.8, 4) is 11.5 Å². The first-order chi connectivity index (χ1) is 10.1. The zero-order valence-electron chi connectivity index (χ0n) is 13.0. The highest BCUT2D eigenvalue weighted by atomic mass is 16.5. The minimum absolute atomic E-state index is 0.108. The van der Waals surface area contributed by atoms with Gasteiger partial charge in [-0.25, -0.2) is 0 Å². The summed E-state index contributed by atoms with van der Waals surface area (Å²) in [6, 6.07) is 5.42. The van der Waals surface area contributed by atoms with E-state index in [1.165, 1.54) is 0 Å². The third kappa shape index (κ3) is 3.47. The largest absolute Gasteiger partial charge is 0.493 e. The molecule has 1 fully saturated rings. The third-order valence-corrected chi connectivity index (χ3v) is 4.05. The lowest BCUT2D eigenvalue weighted by molar-refractivity contribution is -0.138. The van der Waals surface area contributed by atoms with E-state index in [0.717, 1.165) is 24.9 Å². The molecule has 2 unspecified atom stereocenters. The number of carbonyl (C=O) groups is 1. The molecule has 0 bridgehead atoms. The van der Waals surface area contributed by atoms with Crippen LogP contribution in [0.3, 0.4) is 0 Å². The molecule has 2 rings (SSSR count). The number of rotatable bonds is 5. The van der Waals surface area contributed by atoms with Gasteiger partial charge in [0.05, 0.1) is 14.2 Å². The lowest BCUT2D eigenvalue weighted by atomic mass is 9.98. The molecule has 5 heteroatoms. The summed E-state index contributed by atoms with van der Waals surface area (Å²) >= 11 is 0. The number of hydrogen-bond acceptors (Lipinski definition) is 4. The van der Waals surface area contributed by atoms with Gasteiger partial charge in [-0.15, -0.1) is 0 Å². The Morgan fingerprint density at radius 3 is 2.71 bits per heavy atom. The lowest BCUT2D eigenvalue weighted by Crippen LogP contribution is -2.43. The Morgan fingerprint density at radius 2 is 2.05 bits per heavy atom. The van der Waals surface area contributed by atoms with E-state index >= 15 is 0 Å². The number of piperidine rings is 1. The van der Waals surface area contributed by atoms with E-state index < -0.39 is 0 Å². The molecule has 116 valence electrons. The van der Waals surface area contributed by atoms with Crippen LogP contribution in [0, 0.1) is 5.92 Å². The summed E-state index contributed by atoms with van der Waals surface area (Å²) < 4.78 is 10.5. The average Bonchev–Trinajstić information content (AvgIpc) is 2.51. The molecular formula is C16H24N2O3. The Balaban J connectivity index is 2.09. The molecule has 1 amide bonds. The second kappa shape index (κ2) is 6.80. The van der Waals surface area contributed by atoms with Crippen LogP contribution in [-0.2, 0) is 4.79 Å². The van der Waals surface area contributed by atoms with Crippen molar-refractivity contribution >= 4 is 5.91 Å². The Labute approximate surface area is 126 Å². The maximum atomic E-state index is 12.1. The van der Waals surface area contributed by atoms with Crippen molar-refractivity contribution in [3.63, 3.8) is 0 Å². The molecule has 0 radical (unpaired) electrons. The summed E-state index contributed by atoms with van der Waals surface area (Å²) in [5.41, 5.74) is 7.20. The van der Waals surface area contributed by atoms with Gasteiger partial charge in [0.2, 0.25) is 5.91 Å². The van der Waals surface area contributed by atoms with Crippen LogP contribution < -0.4 is 15.2 Å². The normalized spacial score (nSPS) is 20.3. The standard InChI is InChI=1S/C16H24N2O3/c1-11-5-4-8-18(16(11)19)10-13(17)12-6-7-14(20-2)15(9-12)21-3/h6-7,9,11,13H,4-5,8,10,17H2,1-3H3. The van der Waals surface area contributed by atoms with Crippen LogP contribution in [-0.4, -0.2) is 38.1 Å². The Kier molecular flexibility index (Phi) is 5.07. The molecule has 1 aromatic rings. The Bertz CT molecular complexity index is 504. The predicted octanol–water partition coefficient (Wildman–Crippen LogP) is 1.96. The first kappa shape index (κ1) is 15.6. The van der Waals surface area contributed by atoms with Crippen molar-refractivity contribution < 1.29 is 14.3 Å². The maximum Gasteiger partial charge on any atom is 0.225 e. The fraction of sp³-hybridized carbons (Fsp3) is 0.562. The highest BCUT2D eigenvalue weighted by molar-refractivity contribution is 5.79. The minimum atomic E-state index is -0.223. The van der Waals surface area contributed by atoms with Gasteiger partial charge >= 0.3 is 0 Å².